The number of furan rings is 1. The zero-order chi connectivity index (χ0) is 14.9. The molecule has 0 spiro atoms. The summed E-state index contributed by atoms with van der Waals surface area (Å²) in [7, 11) is 1.68. The third kappa shape index (κ3) is 5.33. The molecule has 0 fully saturated rings. The number of rotatable bonds is 9. The van der Waals surface area contributed by atoms with Crippen LogP contribution in [0.2, 0.25) is 0 Å². The first-order chi connectivity index (χ1) is 10.3. The molecule has 0 saturated heterocycles. The quantitative estimate of drug-likeness (QED) is 0.721. The largest absolute Gasteiger partial charge is 0.472 e. The number of nitrogens with one attached hydrogen (secondary N) is 1. The van der Waals surface area contributed by atoms with Gasteiger partial charge in [-0.2, -0.15) is 0 Å². The SMILES string of the molecule is COCCNCC(Cc1ccoc1)Cc1ccccc1F. The van der Waals surface area contributed by atoms with Gasteiger partial charge in [0.1, 0.15) is 5.82 Å². The average molecular weight is 291 g/mol. The lowest BCUT2D eigenvalue weighted by Crippen LogP contribution is -2.28. The van der Waals surface area contributed by atoms with Gasteiger partial charge in [0.25, 0.3) is 0 Å². The molecule has 4 heteroatoms. The lowest BCUT2D eigenvalue weighted by Gasteiger charge is -2.17. The van der Waals surface area contributed by atoms with Crippen LogP contribution < -0.4 is 5.32 Å². The predicted octanol–water partition coefficient (Wildman–Crippen LogP) is 3.06. The van der Waals surface area contributed by atoms with Gasteiger partial charge in [0, 0.05) is 13.7 Å². The van der Waals surface area contributed by atoms with Gasteiger partial charge < -0.3 is 14.5 Å². The van der Waals surface area contributed by atoms with E-state index in [1.165, 1.54) is 6.07 Å². The fourth-order valence-corrected chi connectivity index (χ4v) is 2.41. The third-order valence-corrected chi connectivity index (χ3v) is 3.49. The van der Waals surface area contributed by atoms with E-state index in [-0.39, 0.29) is 5.82 Å². The molecule has 1 N–H and O–H groups in total. The van der Waals surface area contributed by atoms with E-state index in [9.17, 15) is 4.39 Å². The Kier molecular flexibility index (Phi) is 6.44. The minimum Gasteiger partial charge on any atom is -0.472 e. The van der Waals surface area contributed by atoms with E-state index < -0.39 is 0 Å². The maximum Gasteiger partial charge on any atom is 0.126 e. The standard InChI is InChI=1S/C17H22FNO2/c1-20-9-7-19-12-15(10-14-6-8-21-13-14)11-16-4-2-3-5-17(16)18/h2-6,8,13,15,19H,7,9-12H2,1H3. The zero-order valence-electron chi connectivity index (χ0n) is 12.3. The van der Waals surface area contributed by atoms with Crippen molar-refractivity contribution in [2.24, 2.45) is 5.92 Å². The first-order valence-corrected chi connectivity index (χ1v) is 7.23. The second-order valence-corrected chi connectivity index (χ2v) is 5.19. The van der Waals surface area contributed by atoms with Gasteiger partial charge >= 0.3 is 0 Å². The minimum atomic E-state index is -0.133. The molecule has 0 aliphatic rings. The number of hydrogen-bond acceptors (Lipinski definition) is 3. The minimum absolute atomic E-state index is 0.133. The van der Waals surface area contributed by atoms with E-state index in [1.807, 2.05) is 18.2 Å². The molecule has 1 aromatic carbocycles. The Hall–Kier alpha value is -1.65. The molecule has 1 unspecified atom stereocenters. The van der Waals surface area contributed by atoms with Gasteiger partial charge in [-0.25, -0.2) is 4.39 Å². The van der Waals surface area contributed by atoms with Gasteiger partial charge in [0.15, 0.2) is 0 Å². The normalized spacial score (nSPS) is 12.5. The van der Waals surface area contributed by atoms with Crippen molar-refractivity contribution in [3.05, 3.63) is 59.8 Å². The topological polar surface area (TPSA) is 34.4 Å². The molecule has 2 aromatic rings. The van der Waals surface area contributed by atoms with Crippen LogP contribution in [0.15, 0.2) is 47.3 Å². The van der Waals surface area contributed by atoms with Gasteiger partial charge in [0.05, 0.1) is 19.1 Å². The van der Waals surface area contributed by atoms with Crippen molar-refractivity contribution >= 4 is 0 Å². The molecule has 0 bridgehead atoms. The Morgan fingerprint density at radius 3 is 2.81 bits per heavy atom. The smallest absolute Gasteiger partial charge is 0.126 e. The van der Waals surface area contributed by atoms with Crippen molar-refractivity contribution in [1.29, 1.82) is 0 Å². The Balaban J connectivity index is 1.95. The molecule has 2 rings (SSSR count). The first kappa shape index (κ1) is 15.7. The first-order valence-electron chi connectivity index (χ1n) is 7.23. The Bertz CT molecular complexity index is 513. The van der Waals surface area contributed by atoms with E-state index in [4.69, 9.17) is 9.15 Å². The summed E-state index contributed by atoms with van der Waals surface area (Å²) in [6, 6.07) is 8.94. The second-order valence-electron chi connectivity index (χ2n) is 5.19. The molecule has 0 aliphatic heterocycles. The molecule has 0 radical (unpaired) electrons. The molecular weight excluding hydrogens is 269 g/mol. The van der Waals surface area contributed by atoms with Crippen LogP contribution in [0, 0.1) is 11.7 Å². The number of ether oxygens (including phenoxy) is 1. The molecular formula is C17H22FNO2. The predicted molar refractivity (Wildman–Crippen MR) is 80.8 cm³/mol. The molecule has 1 atom stereocenters. The zero-order valence-corrected chi connectivity index (χ0v) is 12.3. The molecule has 21 heavy (non-hydrogen) atoms. The Labute approximate surface area is 125 Å². The van der Waals surface area contributed by atoms with E-state index in [0.29, 0.717) is 18.9 Å². The molecule has 0 aliphatic carbocycles. The number of halogens is 1. The van der Waals surface area contributed by atoms with Gasteiger partial charge in [-0.15, -0.1) is 0 Å². The summed E-state index contributed by atoms with van der Waals surface area (Å²) in [5.74, 6) is 0.183. The lowest BCUT2D eigenvalue weighted by atomic mass is 9.93. The summed E-state index contributed by atoms with van der Waals surface area (Å²) in [5.41, 5.74) is 1.91. The van der Waals surface area contributed by atoms with Crippen LogP contribution in [0.25, 0.3) is 0 Å². The summed E-state index contributed by atoms with van der Waals surface area (Å²) in [6.07, 6.45) is 5.00. The summed E-state index contributed by atoms with van der Waals surface area (Å²) in [4.78, 5) is 0. The van der Waals surface area contributed by atoms with Crippen molar-refractivity contribution in [2.45, 2.75) is 12.8 Å². The number of hydrogen-bond donors (Lipinski definition) is 1. The van der Waals surface area contributed by atoms with Crippen LogP contribution in [0.1, 0.15) is 11.1 Å². The fraction of sp³-hybridized carbons (Fsp3) is 0.412. The Morgan fingerprint density at radius 1 is 1.24 bits per heavy atom. The molecule has 1 aromatic heterocycles. The fourth-order valence-electron chi connectivity index (χ4n) is 2.41. The van der Waals surface area contributed by atoms with Crippen LogP contribution in [-0.2, 0) is 17.6 Å². The van der Waals surface area contributed by atoms with Crippen molar-refractivity contribution in [3.63, 3.8) is 0 Å². The van der Waals surface area contributed by atoms with Crippen molar-refractivity contribution < 1.29 is 13.5 Å². The van der Waals surface area contributed by atoms with Crippen molar-refractivity contribution in [2.75, 3.05) is 26.8 Å². The number of benzene rings is 1. The summed E-state index contributed by atoms with van der Waals surface area (Å²) in [6.45, 7) is 2.30. The molecule has 0 amide bonds. The summed E-state index contributed by atoms with van der Waals surface area (Å²) in [5, 5.41) is 3.36. The highest BCUT2D eigenvalue weighted by Gasteiger charge is 2.13. The van der Waals surface area contributed by atoms with E-state index >= 15 is 0 Å². The molecule has 114 valence electrons. The van der Waals surface area contributed by atoms with Crippen LogP contribution in [0.3, 0.4) is 0 Å². The number of methoxy groups -OCH3 is 1. The highest BCUT2D eigenvalue weighted by atomic mass is 19.1. The highest BCUT2D eigenvalue weighted by molar-refractivity contribution is 5.18. The Morgan fingerprint density at radius 2 is 2.10 bits per heavy atom. The average Bonchev–Trinajstić information content (AvgIpc) is 2.99. The molecule has 0 saturated carbocycles. The molecule has 3 nitrogen and oxygen atoms in total. The van der Waals surface area contributed by atoms with Crippen LogP contribution in [-0.4, -0.2) is 26.8 Å². The van der Waals surface area contributed by atoms with Gasteiger partial charge in [-0.05, 0) is 48.6 Å². The van der Waals surface area contributed by atoms with E-state index in [0.717, 1.165) is 30.6 Å². The van der Waals surface area contributed by atoms with Crippen LogP contribution in [0.4, 0.5) is 4.39 Å². The third-order valence-electron chi connectivity index (χ3n) is 3.49. The van der Waals surface area contributed by atoms with Crippen molar-refractivity contribution in [3.8, 4) is 0 Å². The summed E-state index contributed by atoms with van der Waals surface area (Å²) < 4.78 is 24.0. The van der Waals surface area contributed by atoms with Crippen LogP contribution >= 0.6 is 0 Å². The van der Waals surface area contributed by atoms with E-state index in [2.05, 4.69) is 5.32 Å². The monoisotopic (exact) mass is 291 g/mol. The highest BCUT2D eigenvalue weighted by Crippen LogP contribution is 2.17. The van der Waals surface area contributed by atoms with Gasteiger partial charge in [-0.3, -0.25) is 0 Å². The molecule has 1 heterocycles. The van der Waals surface area contributed by atoms with Crippen LogP contribution in [0.5, 0.6) is 0 Å². The van der Waals surface area contributed by atoms with E-state index in [1.54, 1.807) is 25.7 Å². The maximum absolute atomic E-state index is 13.8. The summed E-state index contributed by atoms with van der Waals surface area (Å²) >= 11 is 0. The lowest BCUT2D eigenvalue weighted by molar-refractivity contribution is 0.197. The second kappa shape index (κ2) is 8.60. The maximum atomic E-state index is 13.8. The van der Waals surface area contributed by atoms with Crippen molar-refractivity contribution in [1.82, 2.24) is 5.32 Å². The van der Waals surface area contributed by atoms with Gasteiger partial charge in [0.2, 0.25) is 0 Å². The van der Waals surface area contributed by atoms with Gasteiger partial charge in [-0.1, -0.05) is 18.2 Å².